The van der Waals surface area contributed by atoms with E-state index in [4.69, 9.17) is 4.74 Å². The zero-order valence-electron chi connectivity index (χ0n) is 14.6. The number of unbranched alkanes of at least 4 members (excludes halogenated alkanes) is 2. The second kappa shape index (κ2) is 9.27. The van der Waals surface area contributed by atoms with E-state index < -0.39 is 5.97 Å². The van der Waals surface area contributed by atoms with Crippen LogP contribution in [0.2, 0.25) is 0 Å². The molecule has 0 unspecified atom stereocenters. The normalized spacial score (nSPS) is 15.2. The maximum absolute atomic E-state index is 12.4. The lowest BCUT2D eigenvalue weighted by molar-refractivity contribution is 0.0602. The third-order valence-corrected chi connectivity index (χ3v) is 4.31. The van der Waals surface area contributed by atoms with Crippen LogP contribution in [0.4, 0.5) is 10.5 Å². The van der Waals surface area contributed by atoms with E-state index in [1.165, 1.54) is 26.4 Å². The van der Waals surface area contributed by atoms with Gasteiger partial charge in [0, 0.05) is 26.2 Å². The molecular formula is C18H27N3O3. The number of amides is 2. The number of carbonyl (C=O) groups excluding carboxylic acids is 2. The summed E-state index contributed by atoms with van der Waals surface area (Å²) in [5.41, 5.74) is 0.853. The van der Waals surface area contributed by atoms with Crippen LogP contribution >= 0.6 is 0 Å². The molecule has 0 aliphatic carbocycles. The molecule has 0 atom stereocenters. The van der Waals surface area contributed by atoms with Gasteiger partial charge in [-0.05, 0) is 25.1 Å². The predicted molar refractivity (Wildman–Crippen MR) is 94.3 cm³/mol. The molecule has 0 spiro atoms. The lowest BCUT2D eigenvalue weighted by Gasteiger charge is -2.34. The van der Waals surface area contributed by atoms with Crippen molar-refractivity contribution in [2.24, 2.45) is 0 Å². The first kappa shape index (κ1) is 18.3. The fourth-order valence-electron chi connectivity index (χ4n) is 2.83. The van der Waals surface area contributed by atoms with Crippen LogP contribution in [-0.4, -0.2) is 61.6 Å². The molecule has 0 bridgehead atoms. The van der Waals surface area contributed by atoms with E-state index in [9.17, 15) is 9.59 Å². The van der Waals surface area contributed by atoms with Gasteiger partial charge in [0.1, 0.15) is 0 Å². The average molecular weight is 333 g/mol. The number of hydrogen-bond donors (Lipinski definition) is 1. The summed E-state index contributed by atoms with van der Waals surface area (Å²) in [4.78, 5) is 28.4. The quantitative estimate of drug-likeness (QED) is 0.642. The van der Waals surface area contributed by atoms with Crippen molar-refractivity contribution in [3.05, 3.63) is 29.8 Å². The smallest absolute Gasteiger partial charge is 0.339 e. The molecule has 1 saturated heterocycles. The van der Waals surface area contributed by atoms with Gasteiger partial charge < -0.3 is 15.0 Å². The standard InChI is InChI=1S/C18H27N3O3/c1-3-4-7-10-20-11-13-21(14-12-20)18(23)19-16-9-6-5-8-15(16)17(22)24-2/h5-6,8-9H,3-4,7,10-14H2,1-2H3,(H,19,23). The highest BCUT2D eigenvalue weighted by Crippen LogP contribution is 2.17. The first-order valence-corrected chi connectivity index (χ1v) is 8.61. The number of rotatable bonds is 6. The van der Waals surface area contributed by atoms with Crippen molar-refractivity contribution in [2.45, 2.75) is 26.2 Å². The molecular weight excluding hydrogens is 306 g/mol. The van der Waals surface area contributed by atoms with Crippen molar-refractivity contribution in [1.29, 1.82) is 0 Å². The van der Waals surface area contributed by atoms with Gasteiger partial charge >= 0.3 is 12.0 Å². The van der Waals surface area contributed by atoms with E-state index >= 15 is 0 Å². The predicted octanol–water partition coefficient (Wildman–Crippen LogP) is 2.81. The Hall–Kier alpha value is -2.08. The molecule has 2 amide bonds. The number of para-hydroxylation sites is 1. The molecule has 132 valence electrons. The van der Waals surface area contributed by atoms with E-state index in [1.807, 2.05) is 0 Å². The van der Waals surface area contributed by atoms with Crippen LogP contribution in [0.1, 0.15) is 36.5 Å². The van der Waals surface area contributed by atoms with E-state index in [-0.39, 0.29) is 6.03 Å². The first-order chi connectivity index (χ1) is 11.7. The Morgan fingerprint density at radius 3 is 2.50 bits per heavy atom. The molecule has 1 aliphatic heterocycles. The van der Waals surface area contributed by atoms with E-state index in [0.717, 1.165) is 19.6 Å². The van der Waals surface area contributed by atoms with Gasteiger partial charge in [-0.2, -0.15) is 0 Å². The molecule has 1 aromatic carbocycles. The topological polar surface area (TPSA) is 61.9 Å². The summed E-state index contributed by atoms with van der Waals surface area (Å²) in [5, 5.41) is 2.83. The number of nitrogens with one attached hydrogen (secondary N) is 1. The van der Waals surface area contributed by atoms with Gasteiger partial charge in [0.2, 0.25) is 0 Å². The molecule has 1 heterocycles. The van der Waals surface area contributed by atoms with Crippen molar-refractivity contribution >= 4 is 17.7 Å². The minimum Gasteiger partial charge on any atom is -0.465 e. The van der Waals surface area contributed by atoms with Gasteiger partial charge in [0.25, 0.3) is 0 Å². The Morgan fingerprint density at radius 1 is 1.12 bits per heavy atom. The lowest BCUT2D eigenvalue weighted by Crippen LogP contribution is -2.50. The highest BCUT2D eigenvalue weighted by Gasteiger charge is 2.22. The van der Waals surface area contributed by atoms with E-state index in [2.05, 4.69) is 17.1 Å². The second-order valence-electron chi connectivity index (χ2n) is 6.00. The SMILES string of the molecule is CCCCCN1CCN(C(=O)Nc2ccccc2C(=O)OC)CC1. The van der Waals surface area contributed by atoms with Crippen molar-refractivity contribution in [3.63, 3.8) is 0 Å². The molecule has 0 radical (unpaired) electrons. The molecule has 1 aliphatic rings. The summed E-state index contributed by atoms with van der Waals surface area (Å²) < 4.78 is 4.75. The highest BCUT2D eigenvalue weighted by molar-refractivity contribution is 6.00. The summed E-state index contributed by atoms with van der Waals surface area (Å²) in [6, 6.07) is 6.72. The fraction of sp³-hybridized carbons (Fsp3) is 0.556. The molecule has 0 aromatic heterocycles. The average Bonchev–Trinajstić information content (AvgIpc) is 2.62. The Kier molecular flexibility index (Phi) is 7.06. The molecule has 1 fully saturated rings. The molecule has 24 heavy (non-hydrogen) atoms. The molecule has 6 heteroatoms. The van der Waals surface area contributed by atoms with E-state index in [1.54, 1.807) is 29.2 Å². The van der Waals surface area contributed by atoms with Crippen molar-refractivity contribution in [3.8, 4) is 0 Å². The van der Waals surface area contributed by atoms with Gasteiger partial charge in [-0.15, -0.1) is 0 Å². The molecule has 6 nitrogen and oxygen atoms in total. The number of carbonyl (C=O) groups is 2. The summed E-state index contributed by atoms with van der Waals surface area (Å²) >= 11 is 0. The fourth-order valence-corrected chi connectivity index (χ4v) is 2.83. The molecule has 0 saturated carbocycles. The second-order valence-corrected chi connectivity index (χ2v) is 6.00. The minimum atomic E-state index is -0.452. The van der Waals surface area contributed by atoms with Gasteiger partial charge in [0.05, 0.1) is 18.4 Å². The van der Waals surface area contributed by atoms with Gasteiger partial charge in [-0.3, -0.25) is 4.90 Å². The monoisotopic (exact) mass is 333 g/mol. The third-order valence-electron chi connectivity index (χ3n) is 4.31. The number of nitrogens with zero attached hydrogens (tertiary/aromatic N) is 2. The third kappa shape index (κ3) is 4.96. The van der Waals surface area contributed by atoms with Crippen LogP contribution in [0.15, 0.2) is 24.3 Å². The van der Waals surface area contributed by atoms with E-state index in [0.29, 0.717) is 24.3 Å². The number of urea groups is 1. The van der Waals surface area contributed by atoms with Crippen molar-refractivity contribution in [1.82, 2.24) is 9.80 Å². The number of anilines is 1. The van der Waals surface area contributed by atoms with Gasteiger partial charge in [0.15, 0.2) is 0 Å². The minimum absolute atomic E-state index is 0.167. The zero-order chi connectivity index (χ0) is 17.4. The van der Waals surface area contributed by atoms with Crippen LogP contribution in [-0.2, 0) is 4.74 Å². The van der Waals surface area contributed by atoms with Crippen LogP contribution in [0.5, 0.6) is 0 Å². The summed E-state index contributed by atoms with van der Waals surface area (Å²) in [7, 11) is 1.33. The maximum atomic E-state index is 12.4. The molecule has 1 N–H and O–H groups in total. The Balaban J connectivity index is 1.87. The zero-order valence-corrected chi connectivity index (χ0v) is 14.6. The Bertz CT molecular complexity index is 554. The van der Waals surface area contributed by atoms with Crippen molar-refractivity contribution < 1.29 is 14.3 Å². The number of piperazine rings is 1. The summed E-state index contributed by atoms with van der Waals surface area (Å²) in [6.45, 7) is 6.52. The van der Waals surface area contributed by atoms with Crippen molar-refractivity contribution in [2.75, 3.05) is 45.2 Å². The summed E-state index contributed by atoms with van der Waals surface area (Å²) in [5.74, 6) is -0.452. The van der Waals surface area contributed by atoms with Crippen LogP contribution in [0.25, 0.3) is 0 Å². The van der Waals surface area contributed by atoms with Crippen LogP contribution < -0.4 is 5.32 Å². The number of benzene rings is 1. The number of hydrogen-bond acceptors (Lipinski definition) is 4. The Morgan fingerprint density at radius 2 is 1.83 bits per heavy atom. The Labute approximate surface area is 143 Å². The number of methoxy groups -OCH3 is 1. The lowest BCUT2D eigenvalue weighted by atomic mass is 10.2. The highest BCUT2D eigenvalue weighted by atomic mass is 16.5. The largest absolute Gasteiger partial charge is 0.465 e. The van der Waals surface area contributed by atoms with Crippen LogP contribution in [0.3, 0.4) is 0 Å². The first-order valence-electron chi connectivity index (χ1n) is 8.61. The summed E-state index contributed by atoms with van der Waals surface area (Å²) in [6.07, 6.45) is 3.70. The molecule has 2 rings (SSSR count). The van der Waals surface area contributed by atoms with Crippen LogP contribution in [0, 0.1) is 0 Å². The van der Waals surface area contributed by atoms with Gasteiger partial charge in [-0.1, -0.05) is 31.9 Å². The molecule has 1 aromatic rings. The number of ether oxygens (including phenoxy) is 1. The van der Waals surface area contributed by atoms with Gasteiger partial charge in [-0.25, -0.2) is 9.59 Å². The maximum Gasteiger partial charge on any atom is 0.339 e. The number of esters is 1.